The molecule has 0 aromatic heterocycles. The monoisotopic (exact) mass is 356 g/mol. The standard InChI is InChI=1S/2C7H12.3C2H4.5CH4/c2*1-3-5-7-6-4-2;3*1-2;;;;;/h2*3-4H,1-2,5-7H2;3*1-2H2;5*1H4. The number of unbranched alkanes of at least 4 members (excludes halogenated alkanes) is 4. The first-order chi connectivity index (χ1) is 9.83. The first-order valence-corrected chi connectivity index (χ1v) is 6.77. The highest BCUT2D eigenvalue weighted by atomic mass is 13.8. The van der Waals surface area contributed by atoms with Crippen LogP contribution in [0.3, 0.4) is 0 Å². The second-order valence-electron chi connectivity index (χ2n) is 3.02. The summed E-state index contributed by atoms with van der Waals surface area (Å²) in [4.78, 5) is 0. The van der Waals surface area contributed by atoms with Crippen molar-refractivity contribution in [1.29, 1.82) is 0 Å². The van der Waals surface area contributed by atoms with Crippen LogP contribution in [0.15, 0.2) is 90.1 Å². The molecule has 0 aromatic carbocycles. The molecule has 0 radical (unpaired) electrons. The van der Waals surface area contributed by atoms with Crippen molar-refractivity contribution in [2.45, 2.75) is 75.7 Å². The highest BCUT2D eigenvalue weighted by molar-refractivity contribution is 4.72. The van der Waals surface area contributed by atoms with Crippen LogP contribution in [0.1, 0.15) is 75.7 Å². The summed E-state index contributed by atoms with van der Waals surface area (Å²) in [5, 5.41) is 0. The van der Waals surface area contributed by atoms with Gasteiger partial charge in [-0.1, -0.05) is 61.4 Å². The molecule has 0 unspecified atom stereocenters. The van der Waals surface area contributed by atoms with E-state index < -0.39 is 0 Å². The first kappa shape index (κ1) is 65.6. The molecular weight excluding hydrogens is 300 g/mol. The molecule has 0 heteroatoms. The average molecular weight is 357 g/mol. The van der Waals surface area contributed by atoms with E-state index in [1.807, 2.05) is 24.3 Å². The molecule has 0 saturated heterocycles. The number of hydrogen-bond acceptors (Lipinski definition) is 0. The fraction of sp³-hybridized carbons (Fsp3) is 0.440. The van der Waals surface area contributed by atoms with Gasteiger partial charge in [0.15, 0.2) is 0 Å². The molecule has 156 valence electrons. The number of rotatable bonds is 8. The van der Waals surface area contributed by atoms with Gasteiger partial charge in [-0.2, -0.15) is 0 Å². The third kappa shape index (κ3) is 236. The summed E-state index contributed by atoms with van der Waals surface area (Å²) >= 11 is 0. The minimum Gasteiger partial charge on any atom is -0.106 e. The lowest BCUT2D eigenvalue weighted by Gasteiger charge is -1.84. The first-order valence-electron chi connectivity index (χ1n) is 6.77. The predicted molar refractivity (Wildman–Crippen MR) is 136 cm³/mol. The van der Waals surface area contributed by atoms with Gasteiger partial charge < -0.3 is 0 Å². The third-order valence-corrected chi connectivity index (χ3v) is 1.63. The van der Waals surface area contributed by atoms with E-state index in [4.69, 9.17) is 0 Å². The van der Waals surface area contributed by atoms with Crippen LogP contribution in [-0.4, -0.2) is 0 Å². The van der Waals surface area contributed by atoms with Gasteiger partial charge in [0.05, 0.1) is 0 Å². The molecule has 0 bridgehead atoms. The normalized spacial score (nSPS) is 4.96. The highest BCUT2D eigenvalue weighted by Gasteiger charge is 1.74. The van der Waals surface area contributed by atoms with Crippen LogP contribution in [0.2, 0.25) is 0 Å². The minimum absolute atomic E-state index is 0. The predicted octanol–water partition coefficient (Wildman–Crippen LogP) is 10.6. The third-order valence-electron chi connectivity index (χ3n) is 1.63. The van der Waals surface area contributed by atoms with Gasteiger partial charge in [-0.3, -0.25) is 0 Å². The Hall–Kier alpha value is -1.82. The molecule has 0 aliphatic rings. The average Bonchev–Trinajstić information content (AvgIpc) is 2.55. The maximum atomic E-state index is 3.60. The minimum atomic E-state index is 0. The molecule has 0 nitrogen and oxygen atoms in total. The van der Waals surface area contributed by atoms with Gasteiger partial charge in [0, 0.05) is 0 Å². The molecule has 0 aliphatic heterocycles. The molecule has 0 aliphatic carbocycles. The fourth-order valence-corrected chi connectivity index (χ4v) is 0.813. The molecule has 0 amide bonds. The topological polar surface area (TPSA) is 0 Å². The number of allylic oxidation sites excluding steroid dienone is 4. The summed E-state index contributed by atoms with van der Waals surface area (Å²) in [6.45, 7) is 32.4. The van der Waals surface area contributed by atoms with Crippen LogP contribution in [0.25, 0.3) is 0 Å². The van der Waals surface area contributed by atoms with Gasteiger partial charge in [-0.15, -0.1) is 65.8 Å². The zero-order valence-corrected chi connectivity index (χ0v) is 13.6. The van der Waals surface area contributed by atoms with Crippen molar-refractivity contribution < 1.29 is 0 Å². The van der Waals surface area contributed by atoms with Crippen LogP contribution in [-0.2, 0) is 0 Å². The van der Waals surface area contributed by atoms with Crippen LogP contribution < -0.4 is 0 Å². The van der Waals surface area contributed by atoms with E-state index in [1.54, 1.807) is 0 Å². The zero-order chi connectivity index (χ0) is 17.1. The summed E-state index contributed by atoms with van der Waals surface area (Å²) in [6, 6.07) is 0. The van der Waals surface area contributed by atoms with Crippen molar-refractivity contribution in [2.24, 2.45) is 0 Å². The van der Waals surface area contributed by atoms with Crippen LogP contribution in [0, 0.1) is 0 Å². The second-order valence-corrected chi connectivity index (χ2v) is 3.02. The SMILES string of the molecule is C.C.C.C.C.C=C.C=C.C=C.C=CCCCC=C.C=CCCCC=C. The second kappa shape index (κ2) is 149. The lowest BCUT2D eigenvalue weighted by atomic mass is 10.2. The summed E-state index contributed by atoms with van der Waals surface area (Å²) in [6.07, 6.45) is 14.6. The Balaban J connectivity index is -0.0000000149. The van der Waals surface area contributed by atoms with Gasteiger partial charge in [0.25, 0.3) is 0 Å². The summed E-state index contributed by atoms with van der Waals surface area (Å²) in [5.74, 6) is 0. The van der Waals surface area contributed by atoms with E-state index in [0.717, 1.165) is 25.7 Å². The van der Waals surface area contributed by atoms with Crippen LogP contribution in [0.4, 0.5) is 0 Å². The van der Waals surface area contributed by atoms with E-state index >= 15 is 0 Å². The lowest BCUT2D eigenvalue weighted by Crippen LogP contribution is -1.64. The molecule has 0 N–H and O–H groups in total. The van der Waals surface area contributed by atoms with Crippen LogP contribution >= 0.6 is 0 Å². The van der Waals surface area contributed by atoms with E-state index in [0.29, 0.717) is 0 Å². The van der Waals surface area contributed by atoms with Crippen molar-refractivity contribution in [2.75, 3.05) is 0 Å². The summed E-state index contributed by atoms with van der Waals surface area (Å²) in [7, 11) is 0. The Morgan fingerprint density at radius 3 is 0.560 bits per heavy atom. The molecule has 0 atom stereocenters. The zero-order valence-electron chi connectivity index (χ0n) is 13.6. The Labute approximate surface area is 166 Å². The van der Waals surface area contributed by atoms with Gasteiger partial charge in [0.2, 0.25) is 0 Å². The van der Waals surface area contributed by atoms with E-state index in [2.05, 4.69) is 65.8 Å². The van der Waals surface area contributed by atoms with Gasteiger partial charge in [0.1, 0.15) is 0 Å². The summed E-state index contributed by atoms with van der Waals surface area (Å²) in [5.41, 5.74) is 0. The quantitative estimate of drug-likeness (QED) is 0.299. The largest absolute Gasteiger partial charge is 0.106 e. The van der Waals surface area contributed by atoms with Crippen molar-refractivity contribution in [3.8, 4) is 0 Å². The van der Waals surface area contributed by atoms with Crippen molar-refractivity contribution >= 4 is 0 Å². The van der Waals surface area contributed by atoms with E-state index in [1.165, 1.54) is 12.8 Å². The molecule has 0 fully saturated rings. The van der Waals surface area contributed by atoms with Gasteiger partial charge in [-0.05, 0) is 38.5 Å². The maximum Gasteiger partial charge on any atom is -0.0350 e. The van der Waals surface area contributed by atoms with Crippen molar-refractivity contribution in [3.05, 3.63) is 90.1 Å². The summed E-state index contributed by atoms with van der Waals surface area (Å²) < 4.78 is 0. The molecule has 25 heavy (non-hydrogen) atoms. The Morgan fingerprint density at radius 1 is 0.360 bits per heavy atom. The van der Waals surface area contributed by atoms with Crippen LogP contribution in [0.5, 0.6) is 0 Å². The molecule has 0 rings (SSSR count). The molecule has 0 heterocycles. The fourth-order valence-electron chi connectivity index (χ4n) is 0.813. The Bertz CT molecular complexity index is 138. The smallest absolute Gasteiger partial charge is 0.0350 e. The van der Waals surface area contributed by atoms with Crippen molar-refractivity contribution in [3.63, 3.8) is 0 Å². The Morgan fingerprint density at radius 2 is 0.480 bits per heavy atom. The molecule has 0 spiro atoms. The maximum absolute atomic E-state index is 3.60. The number of hydrogen-bond donors (Lipinski definition) is 0. The van der Waals surface area contributed by atoms with E-state index in [-0.39, 0.29) is 37.1 Å². The van der Waals surface area contributed by atoms with E-state index in [9.17, 15) is 0 Å². The van der Waals surface area contributed by atoms with Crippen molar-refractivity contribution in [1.82, 2.24) is 0 Å². The van der Waals surface area contributed by atoms with Gasteiger partial charge in [-0.25, -0.2) is 0 Å². The molecular formula is C25H56. The molecule has 0 aromatic rings. The molecule has 0 saturated carbocycles. The van der Waals surface area contributed by atoms with Gasteiger partial charge >= 0.3 is 0 Å². The lowest BCUT2D eigenvalue weighted by molar-refractivity contribution is 0.871. The Kier molecular flexibility index (Phi) is 390. The highest BCUT2D eigenvalue weighted by Crippen LogP contribution is 1.94.